The molecule has 0 spiro atoms. The summed E-state index contributed by atoms with van der Waals surface area (Å²) in [4.78, 5) is 92.7. The quantitative estimate of drug-likeness (QED) is 0.107. The summed E-state index contributed by atoms with van der Waals surface area (Å²) in [5, 5.41) is 15.2. The second-order valence-corrected chi connectivity index (χ2v) is 13.1. The number of aromatic hydroxyl groups is 1. The number of ether oxygens (including phenoxy) is 4. The molecule has 3 N–H and O–H groups in total. The van der Waals surface area contributed by atoms with Crippen LogP contribution in [0.5, 0.6) is 5.75 Å². The lowest BCUT2D eigenvalue weighted by Crippen LogP contribution is -2.52. The molecular formula is C34H48N2O12. The molecule has 0 saturated carbocycles. The van der Waals surface area contributed by atoms with Gasteiger partial charge in [0.05, 0.1) is 11.3 Å². The highest BCUT2D eigenvalue weighted by Crippen LogP contribution is 2.30. The van der Waals surface area contributed by atoms with Gasteiger partial charge in [-0.1, -0.05) is 47.6 Å². The first-order chi connectivity index (χ1) is 22.4. The van der Waals surface area contributed by atoms with Crippen molar-refractivity contribution in [3.8, 4) is 5.75 Å². The lowest BCUT2D eigenvalue weighted by atomic mass is 9.82. The van der Waals surface area contributed by atoms with Gasteiger partial charge in [0.1, 0.15) is 11.5 Å². The molecule has 1 saturated heterocycles. The molecule has 3 unspecified atom stereocenters. The Bertz CT molecular complexity index is 1370. The van der Waals surface area contributed by atoms with E-state index < -0.39 is 89.0 Å². The Balaban J connectivity index is 2.70. The van der Waals surface area contributed by atoms with Crippen molar-refractivity contribution in [2.24, 2.45) is 23.2 Å². The van der Waals surface area contributed by atoms with Crippen molar-refractivity contribution in [2.75, 3.05) is 5.32 Å². The molecule has 1 aliphatic rings. The standard InChI is InChI=1S/C34H48N2O12/c1-10-18(5)26-32(43)46-23(15-17(3)4)28(39)34(8,9)33(44)48-27(19(6)11-2)31(42)45-20(7)24(30(41)47-26)36-29(40)21-13-12-14-22(25(21)38)35-16-37/h12-14,16-20,23-24,26-27,38H,10-11,15H2,1-9H3,(H,35,37)(H,36,40)/t18-,19?,20+,23-,24?,26-,27?/m0/s1. The van der Waals surface area contributed by atoms with Gasteiger partial charge in [-0.2, -0.15) is 0 Å². The predicted octanol–water partition coefficient (Wildman–Crippen LogP) is 3.47. The third-order valence-electron chi connectivity index (χ3n) is 8.43. The van der Waals surface area contributed by atoms with Gasteiger partial charge >= 0.3 is 23.9 Å². The summed E-state index contributed by atoms with van der Waals surface area (Å²) >= 11 is 0. The number of cyclic esters (lactones) is 4. The van der Waals surface area contributed by atoms with E-state index in [0.717, 1.165) is 0 Å². The number of para-hydroxylation sites is 1. The zero-order chi connectivity index (χ0) is 36.5. The molecule has 1 aromatic rings. The van der Waals surface area contributed by atoms with Crippen LogP contribution in [0.2, 0.25) is 0 Å². The molecule has 1 aliphatic heterocycles. The number of Topliss-reactive ketones (excluding diaryl/α,β-unsaturated/α-hetero) is 1. The molecule has 2 rings (SSSR count). The molecule has 1 aromatic carbocycles. The topological polar surface area (TPSA) is 201 Å². The summed E-state index contributed by atoms with van der Waals surface area (Å²) in [5.41, 5.74) is -2.29. The monoisotopic (exact) mass is 676 g/mol. The lowest BCUT2D eigenvalue weighted by molar-refractivity contribution is -0.183. The smallest absolute Gasteiger partial charge is 0.348 e. The minimum Gasteiger partial charge on any atom is -0.505 e. The Hall–Kier alpha value is -4.49. The Morgan fingerprint density at radius 1 is 0.896 bits per heavy atom. The van der Waals surface area contributed by atoms with E-state index in [4.69, 9.17) is 18.9 Å². The first-order valence-electron chi connectivity index (χ1n) is 16.1. The summed E-state index contributed by atoms with van der Waals surface area (Å²) in [7, 11) is 0. The number of nitrogens with one attached hydrogen (secondary N) is 2. The van der Waals surface area contributed by atoms with Crippen LogP contribution in [-0.4, -0.2) is 77.5 Å². The summed E-state index contributed by atoms with van der Waals surface area (Å²) in [6.07, 6.45) is -4.95. The number of carbonyl (C=O) groups excluding carboxylic acids is 7. The van der Waals surface area contributed by atoms with Gasteiger partial charge < -0.3 is 34.7 Å². The molecule has 48 heavy (non-hydrogen) atoms. The molecule has 0 radical (unpaired) electrons. The van der Waals surface area contributed by atoms with Crippen molar-refractivity contribution in [2.45, 2.75) is 112 Å². The van der Waals surface area contributed by atoms with Crippen molar-refractivity contribution < 1.29 is 57.6 Å². The Labute approximate surface area is 280 Å². The molecule has 14 heteroatoms. The number of phenolic OH excluding ortho intramolecular Hbond substituents is 1. The van der Waals surface area contributed by atoms with E-state index in [1.165, 1.54) is 39.0 Å². The van der Waals surface area contributed by atoms with Gasteiger partial charge in [0.15, 0.2) is 23.7 Å². The van der Waals surface area contributed by atoms with Gasteiger partial charge in [-0.25, -0.2) is 14.4 Å². The maximum absolute atomic E-state index is 13.8. The normalized spacial score (nSPS) is 25.3. The average Bonchev–Trinajstić information content (AvgIpc) is 3.03. The summed E-state index contributed by atoms with van der Waals surface area (Å²) in [5.74, 6) is -8.11. The van der Waals surface area contributed by atoms with Crippen LogP contribution in [0.3, 0.4) is 0 Å². The van der Waals surface area contributed by atoms with Crippen LogP contribution >= 0.6 is 0 Å². The Morgan fingerprint density at radius 2 is 1.46 bits per heavy atom. The van der Waals surface area contributed by atoms with E-state index in [0.29, 0.717) is 19.3 Å². The molecular weight excluding hydrogens is 628 g/mol. The molecule has 14 nitrogen and oxygen atoms in total. The van der Waals surface area contributed by atoms with Crippen LogP contribution in [0.4, 0.5) is 5.69 Å². The summed E-state index contributed by atoms with van der Waals surface area (Å²) < 4.78 is 22.5. The van der Waals surface area contributed by atoms with Crippen molar-refractivity contribution >= 4 is 47.7 Å². The van der Waals surface area contributed by atoms with E-state index in [-0.39, 0.29) is 23.6 Å². The Kier molecular flexibility index (Phi) is 14.1. The number of carbonyl (C=O) groups is 7. The minimum absolute atomic E-state index is 0.0382. The second-order valence-electron chi connectivity index (χ2n) is 13.1. The van der Waals surface area contributed by atoms with Crippen molar-refractivity contribution in [3.63, 3.8) is 0 Å². The number of ketones is 1. The number of esters is 4. The van der Waals surface area contributed by atoms with Crippen LogP contribution in [0.1, 0.15) is 91.9 Å². The SMILES string of the molecule is CCC(C)C1OC(=O)C(C)(C)C(=O)[C@H](CC(C)C)OC(=O)[C@H]([C@@H](C)CC)OC(=O)C(NC(=O)c2cccc(NC=O)c2O)[C@@H](C)OC1=O. The highest BCUT2D eigenvalue weighted by atomic mass is 16.6. The van der Waals surface area contributed by atoms with E-state index in [1.807, 2.05) is 0 Å². The fraction of sp³-hybridized carbons (Fsp3) is 0.618. The number of rotatable bonds is 10. The number of benzene rings is 1. The molecule has 7 atom stereocenters. The fourth-order valence-electron chi connectivity index (χ4n) is 4.84. The second kappa shape index (κ2) is 17.1. The van der Waals surface area contributed by atoms with Gasteiger partial charge in [-0.05, 0) is 58.1 Å². The highest BCUT2D eigenvalue weighted by Gasteiger charge is 2.47. The molecule has 0 bridgehead atoms. The van der Waals surface area contributed by atoms with Crippen molar-refractivity contribution in [1.82, 2.24) is 5.32 Å². The maximum atomic E-state index is 13.8. The third kappa shape index (κ3) is 9.54. The Morgan fingerprint density at radius 3 is 2.00 bits per heavy atom. The average molecular weight is 677 g/mol. The van der Waals surface area contributed by atoms with Crippen LogP contribution in [0.15, 0.2) is 18.2 Å². The summed E-state index contributed by atoms with van der Waals surface area (Å²) in [6, 6.07) is 2.17. The van der Waals surface area contributed by atoms with E-state index in [1.54, 1.807) is 41.5 Å². The molecule has 0 aliphatic carbocycles. The zero-order valence-electron chi connectivity index (χ0n) is 29.0. The van der Waals surface area contributed by atoms with Crippen LogP contribution in [-0.2, 0) is 47.7 Å². The molecule has 0 aromatic heterocycles. The van der Waals surface area contributed by atoms with Crippen LogP contribution in [0, 0.1) is 23.2 Å². The first-order valence-corrected chi connectivity index (χ1v) is 16.1. The highest BCUT2D eigenvalue weighted by molar-refractivity contribution is 6.06. The van der Waals surface area contributed by atoms with E-state index in [2.05, 4.69) is 10.6 Å². The van der Waals surface area contributed by atoms with E-state index >= 15 is 0 Å². The van der Waals surface area contributed by atoms with Gasteiger partial charge in [0, 0.05) is 11.8 Å². The van der Waals surface area contributed by atoms with Crippen LogP contribution in [0.25, 0.3) is 0 Å². The lowest BCUT2D eigenvalue weighted by Gasteiger charge is -2.31. The van der Waals surface area contributed by atoms with Gasteiger partial charge in [0.25, 0.3) is 5.91 Å². The van der Waals surface area contributed by atoms with Gasteiger partial charge in [-0.15, -0.1) is 0 Å². The number of hydrogen-bond acceptors (Lipinski definition) is 12. The maximum Gasteiger partial charge on any atom is 0.348 e. The fourth-order valence-corrected chi connectivity index (χ4v) is 4.84. The van der Waals surface area contributed by atoms with E-state index in [9.17, 15) is 38.7 Å². The minimum atomic E-state index is -1.86. The first kappa shape index (κ1) is 39.7. The molecule has 1 heterocycles. The molecule has 1 fully saturated rings. The zero-order valence-corrected chi connectivity index (χ0v) is 29.0. The van der Waals surface area contributed by atoms with Crippen molar-refractivity contribution in [3.05, 3.63) is 23.8 Å². The largest absolute Gasteiger partial charge is 0.505 e. The number of phenols is 1. The molecule has 2 amide bonds. The van der Waals surface area contributed by atoms with Gasteiger partial charge in [0.2, 0.25) is 18.6 Å². The molecule has 266 valence electrons. The predicted molar refractivity (Wildman–Crippen MR) is 171 cm³/mol. The number of anilines is 1. The summed E-state index contributed by atoms with van der Waals surface area (Å²) in [6.45, 7) is 14.2. The van der Waals surface area contributed by atoms with Crippen LogP contribution < -0.4 is 10.6 Å². The number of hydrogen-bond donors (Lipinski definition) is 3. The van der Waals surface area contributed by atoms with Crippen molar-refractivity contribution in [1.29, 1.82) is 0 Å². The van der Waals surface area contributed by atoms with Gasteiger partial charge in [-0.3, -0.25) is 19.2 Å². The third-order valence-corrected chi connectivity index (χ3v) is 8.43. The number of amides is 2.